The second-order valence-corrected chi connectivity index (χ2v) is 8.69. The van der Waals surface area contributed by atoms with Gasteiger partial charge in [-0.05, 0) is 55.5 Å². The van der Waals surface area contributed by atoms with Gasteiger partial charge in [-0.15, -0.1) is 24.0 Å². The van der Waals surface area contributed by atoms with Crippen molar-refractivity contribution in [1.29, 1.82) is 0 Å². The number of benzene rings is 2. The Hall–Kier alpha value is -2.49. The van der Waals surface area contributed by atoms with Crippen molar-refractivity contribution in [1.82, 2.24) is 10.6 Å². The first-order chi connectivity index (χ1) is 16.2. The highest BCUT2D eigenvalue weighted by Crippen LogP contribution is 2.26. The van der Waals surface area contributed by atoms with Gasteiger partial charge in [-0.2, -0.15) is 0 Å². The molecule has 2 aliphatic rings. The predicted molar refractivity (Wildman–Crippen MR) is 150 cm³/mol. The van der Waals surface area contributed by atoms with E-state index < -0.39 is 0 Å². The normalized spacial score (nSPS) is 18.1. The van der Waals surface area contributed by atoms with Crippen LogP contribution in [0.25, 0.3) is 0 Å². The van der Waals surface area contributed by atoms with Crippen LogP contribution in [0.4, 0.5) is 11.4 Å². The molecule has 7 nitrogen and oxygen atoms in total. The number of ether oxygens (including phenoxy) is 1. The topological polar surface area (TPSA) is 69.2 Å². The predicted octanol–water partition coefficient (Wildman–Crippen LogP) is 4.02. The number of hydrogen-bond donors (Lipinski definition) is 2. The number of methoxy groups -OCH3 is 1. The molecule has 2 aromatic carbocycles. The van der Waals surface area contributed by atoms with Gasteiger partial charge in [-0.3, -0.25) is 4.79 Å². The largest absolute Gasteiger partial charge is 0.497 e. The summed E-state index contributed by atoms with van der Waals surface area (Å²) in [6, 6.07) is 16.5. The molecule has 1 unspecified atom stereocenters. The van der Waals surface area contributed by atoms with E-state index in [1.165, 1.54) is 5.69 Å². The van der Waals surface area contributed by atoms with Gasteiger partial charge < -0.3 is 25.2 Å². The molecule has 0 aliphatic carbocycles. The molecule has 2 heterocycles. The number of carbonyl (C=O) groups is 1. The molecule has 2 aromatic rings. The molecule has 2 N–H and O–H groups in total. The zero-order chi connectivity index (χ0) is 23.0. The van der Waals surface area contributed by atoms with E-state index in [0.29, 0.717) is 18.9 Å². The molecule has 2 fully saturated rings. The fourth-order valence-corrected chi connectivity index (χ4v) is 4.50. The Balaban J connectivity index is 0.00000324. The summed E-state index contributed by atoms with van der Waals surface area (Å²) in [6.45, 7) is 7.30. The van der Waals surface area contributed by atoms with E-state index in [1.54, 1.807) is 7.11 Å². The second kappa shape index (κ2) is 12.8. The number of guanidine groups is 1. The maximum absolute atomic E-state index is 11.9. The van der Waals surface area contributed by atoms with Crippen LogP contribution >= 0.6 is 24.0 Å². The SMILES string of the molecule is CCNC(=NCc1ccc(N2CCCC2=O)cc1)NCC1CCN(c2cccc(OC)c2)C1.I. The highest BCUT2D eigenvalue weighted by molar-refractivity contribution is 14.0. The molecule has 2 aliphatic heterocycles. The van der Waals surface area contributed by atoms with E-state index in [-0.39, 0.29) is 29.9 Å². The summed E-state index contributed by atoms with van der Waals surface area (Å²) in [7, 11) is 1.71. The van der Waals surface area contributed by atoms with Gasteiger partial charge in [0.15, 0.2) is 5.96 Å². The molecule has 1 amide bonds. The van der Waals surface area contributed by atoms with Gasteiger partial charge in [0.1, 0.15) is 5.75 Å². The molecule has 0 bridgehead atoms. The van der Waals surface area contributed by atoms with Crippen LogP contribution in [0.15, 0.2) is 53.5 Å². The van der Waals surface area contributed by atoms with Crippen LogP contribution in [0.1, 0.15) is 31.7 Å². The number of rotatable bonds is 8. The number of hydrogen-bond acceptors (Lipinski definition) is 4. The average molecular weight is 578 g/mol. The van der Waals surface area contributed by atoms with Gasteiger partial charge >= 0.3 is 0 Å². The smallest absolute Gasteiger partial charge is 0.227 e. The summed E-state index contributed by atoms with van der Waals surface area (Å²) < 4.78 is 5.37. The Morgan fingerprint density at radius 1 is 1.12 bits per heavy atom. The van der Waals surface area contributed by atoms with Crippen molar-refractivity contribution in [3.05, 3.63) is 54.1 Å². The third-order valence-electron chi connectivity index (χ3n) is 6.35. The lowest BCUT2D eigenvalue weighted by Crippen LogP contribution is -2.40. The number of halogens is 1. The first kappa shape index (κ1) is 26.1. The fourth-order valence-electron chi connectivity index (χ4n) is 4.50. The van der Waals surface area contributed by atoms with Crippen molar-refractivity contribution < 1.29 is 9.53 Å². The summed E-state index contributed by atoms with van der Waals surface area (Å²) >= 11 is 0. The molecule has 1 atom stereocenters. The molecule has 0 aromatic heterocycles. The number of amides is 1. The number of carbonyl (C=O) groups excluding carboxylic acids is 1. The third-order valence-corrected chi connectivity index (χ3v) is 6.35. The van der Waals surface area contributed by atoms with Crippen molar-refractivity contribution in [3.8, 4) is 5.75 Å². The summed E-state index contributed by atoms with van der Waals surface area (Å²) in [6.07, 6.45) is 2.75. The molecule has 34 heavy (non-hydrogen) atoms. The average Bonchev–Trinajstić information content (AvgIpc) is 3.50. The van der Waals surface area contributed by atoms with E-state index >= 15 is 0 Å². The summed E-state index contributed by atoms with van der Waals surface area (Å²) in [4.78, 5) is 21.0. The van der Waals surface area contributed by atoms with Gasteiger partial charge in [0, 0.05) is 56.6 Å². The zero-order valence-corrected chi connectivity index (χ0v) is 22.5. The molecule has 0 radical (unpaired) electrons. The number of nitrogens with one attached hydrogen (secondary N) is 2. The molecule has 184 valence electrons. The number of aliphatic imine (C=N–C) groups is 1. The Morgan fingerprint density at radius 2 is 1.94 bits per heavy atom. The van der Waals surface area contributed by atoms with Gasteiger partial charge in [-0.1, -0.05) is 18.2 Å². The quantitative estimate of drug-likeness (QED) is 0.282. The highest BCUT2D eigenvalue weighted by Gasteiger charge is 2.23. The standard InChI is InChI=1S/C26H35N5O2.HI/c1-3-27-26(28-17-20-9-11-22(12-10-20)31-14-5-8-25(31)32)29-18-21-13-15-30(19-21)23-6-4-7-24(16-23)33-2;/h4,6-7,9-12,16,21H,3,5,8,13-15,17-19H2,1-2H3,(H2,27,28,29);1H. The van der Waals surface area contributed by atoms with E-state index in [0.717, 1.165) is 68.5 Å². The maximum atomic E-state index is 11.9. The Kier molecular flexibility index (Phi) is 9.86. The van der Waals surface area contributed by atoms with Crippen molar-refractivity contribution in [2.45, 2.75) is 32.7 Å². The molecule has 0 spiro atoms. The molecular formula is C26H36IN5O2. The van der Waals surface area contributed by atoms with Crippen LogP contribution in [0.5, 0.6) is 5.75 Å². The summed E-state index contributed by atoms with van der Waals surface area (Å²) in [5.74, 6) is 2.53. The summed E-state index contributed by atoms with van der Waals surface area (Å²) in [5.41, 5.74) is 3.33. The van der Waals surface area contributed by atoms with E-state index in [9.17, 15) is 4.79 Å². The van der Waals surface area contributed by atoms with Gasteiger partial charge in [0.2, 0.25) is 5.91 Å². The van der Waals surface area contributed by atoms with Crippen LogP contribution in [0, 0.1) is 5.92 Å². The lowest BCUT2D eigenvalue weighted by atomic mass is 10.1. The molecule has 8 heteroatoms. The summed E-state index contributed by atoms with van der Waals surface area (Å²) in [5, 5.41) is 6.88. The Bertz CT molecular complexity index is 966. The van der Waals surface area contributed by atoms with Crippen LogP contribution < -0.4 is 25.2 Å². The van der Waals surface area contributed by atoms with Crippen molar-refractivity contribution in [2.75, 3.05) is 49.6 Å². The molecule has 4 rings (SSSR count). The molecular weight excluding hydrogens is 541 g/mol. The van der Waals surface area contributed by atoms with Crippen LogP contribution in [-0.2, 0) is 11.3 Å². The molecule has 0 saturated carbocycles. The zero-order valence-electron chi connectivity index (χ0n) is 20.1. The monoisotopic (exact) mass is 577 g/mol. The van der Waals surface area contributed by atoms with E-state index in [4.69, 9.17) is 9.73 Å². The van der Waals surface area contributed by atoms with Gasteiger partial charge in [-0.25, -0.2) is 4.99 Å². The maximum Gasteiger partial charge on any atom is 0.227 e. The lowest BCUT2D eigenvalue weighted by molar-refractivity contribution is -0.117. The number of nitrogens with zero attached hydrogens (tertiary/aromatic N) is 3. The van der Waals surface area contributed by atoms with Crippen LogP contribution in [0.3, 0.4) is 0 Å². The third kappa shape index (κ3) is 6.77. The highest BCUT2D eigenvalue weighted by atomic mass is 127. The van der Waals surface area contributed by atoms with Crippen molar-refractivity contribution in [2.24, 2.45) is 10.9 Å². The number of anilines is 2. The van der Waals surface area contributed by atoms with Gasteiger partial charge in [0.05, 0.1) is 13.7 Å². The fraction of sp³-hybridized carbons (Fsp3) is 0.462. The minimum absolute atomic E-state index is 0. The van der Waals surface area contributed by atoms with Crippen LogP contribution in [0.2, 0.25) is 0 Å². The minimum Gasteiger partial charge on any atom is -0.497 e. The minimum atomic E-state index is 0. The van der Waals surface area contributed by atoms with E-state index in [1.807, 2.05) is 29.2 Å². The Morgan fingerprint density at radius 3 is 2.65 bits per heavy atom. The van der Waals surface area contributed by atoms with Crippen molar-refractivity contribution in [3.63, 3.8) is 0 Å². The lowest BCUT2D eigenvalue weighted by Gasteiger charge is -2.20. The molecule has 2 saturated heterocycles. The van der Waals surface area contributed by atoms with Crippen LogP contribution in [-0.4, -0.2) is 51.7 Å². The van der Waals surface area contributed by atoms with E-state index in [2.05, 4.69) is 46.7 Å². The van der Waals surface area contributed by atoms with Crippen molar-refractivity contribution >= 4 is 47.2 Å². The van der Waals surface area contributed by atoms with Gasteiger partial charge in [0.25, 0.3) is 0 Å². The first-order valence-electron chi connectivity index (χ1n) is 12.0. The second-order valence-electron chi connectivity index (χ2n) is 8.69. The first-order valence-corrected chi connectivity index (χ1v) is 12.0. The Labute approximate surface area is 220 Å².